The van der Waals surface area contributed by atoms with Gasteiger partial charge in [0.2, 0.25) is 0 Å². The highest BCUT2D eigenvalue weighted by molar-refractivity contribution is 5.80. The van der Waals surface area contributed by atoms with Gasteiger partial charge in [-0.25, -0.2) is 0 Å². The van der Waals surface area contributed by atoms with Gasteiger partial charge in [-0.1, -0.05) is 46.3 Å². The van der Waals surface area contributed by atoms with E-state index in [0.717, 1.165) is 25.7 Å². The van der Waals surface area contributed by atoms with Crippen molar-refractivity contribution in [2.24, 2.45) is 50.2 Å². The predicted octanol–water partition coefficient (Wildman–Crippen LogP) is 5.36. The molecular weight excluding hydrogens is 468 g/mol. The maximum atomic E-state index is 12.9. The first-order valence-corrected chi connectivity index (χ1v) is 14.4. The summed E-state index contributed by atoms with van der Waals surface area (Å²) in [6, 6.07) is 0. The van der Waals surface area contributed by atoms with Crippen molar-refractivity contribution in [3.8, 4) is 0 Å². The van der Waals surface area contributed by atoms with Crippen molar-refractivity contribution in [2.75, 3.05) is 7.11 Å². The average molecular weight is 517 g/mol. The number of aliphatic carboxylic acids is 1. The van der Waals surface area contributed by atoms with Crippen LogP contribution < -0.4 is 0 Å². The minimum absolute atomic E-state index is 0.0514. The van der Waals surface area contributed by atoms with E-state index < -0.39 is 29.0 Å². The Morgan fingerprint density at radius 3 is 2.19 bits per heavy atom. The zero-order valence-corrected chi connectivity index (χ0v) is 23.9. The molecule has 0 bridgehead atoms. The Balaban J connectivity index is 1.60. The van der Waals surface area contributed by atoms with Gasteiger partial charge in [0.1, 0.15) is 0 Å². The van der Waals surface area contributed by atoms with Gasteiger partial charge in [-0.05, 0) is 104 Å². The van der Waals surface area contributed by atoms with Crippen LogP contribution in [0.25, 0.3) is 0 Å². The number of rotatable bonds is 2. The van der Waals surface area contributed by atoms with E-state index in [4.69, 9.17) is 4.74 Å². The minimum Gasteiger partial charge on any atom is -0.481 e. The summed E-state index contributed by atoms with van der Waals surface area (Å²) in [5, 5.41) is 32.5. The van der Waals surface area contributed by atoms with Gasteiger partial charge in [0.25, 0.3) is 0 Å². The third-order valence-electron chi connectivity index (χ3n) is 13.5. The number of methoxy groups -OCH3 is 1. The van der Waals surface area contributed by atoms with Gasteiger partial charge in [-0.3, -0.25) is 9.59 Å². The van der Waals surface area contributed by atoms with Crippen LogP contribution in [0.2, 0.25) is 0 Å². The first-order chi connectivity index (χ1) is 17.0. The van der Waals surface area contributed by atoms with Crippen molar-refractivity contribution >= 4 is 11.9 Å². The molecule has 0 spiro atoms. The molecule has 4 saturated carbocycles. The molecule has 208 valence electrons. The number of carbonyl (C=O) groups is 2. The monoisotopic (exact) mass is 516 g/mol. The standard InChI is InChI=1S/C31H48O6/c1-26(2)21-10-11-30(6)22(28(21,4)17-20(32)23(26)33)9-8-18-19-16-27(3,25(36)37-7)12-14-31(19,24(34)35)15-13-29(18,30)5/h8,19-23,32-33H,9-17H2,1-7H3,(H,34,35). The van der Waals surface area contributed by atoms with Gasteiger partial charge < -0.3 is 20.1 Å². The molecule has 5 rings (SSSR count). The van der Waals surface area contributed by atoms with Crippen molar-refractivity contribution in [2.45, 2.75) is 112 Å². The van der Waals surface area contributed by atoms with Crippen LogP contribution in [0.3, 0.4) is 0 Å². The molecule has 0 aromatic rings. The van der Waals surface area contributed by atoms with E-state index in [0.29, 0.717) is 43.9 Å². The lowest BCUT2D eigenvalue weighted by Gasteiger charge is -2.71. The molecule has 10 unspecified atom stereocenters. The Kier molecular flexibility index (Phi) is 5.92. The molecule has 0 aromatic carbocycles. The van der Waals surface area contributed by atoms with Crippen LogP contribution in [0, 0.1) is 50.2 Å². The maximum absolute atomic E-state index is 12.9. The maximum Gasteiger partial charge on any atom is 0.311 e. The molecule has 5 aliphatic carbocycles. The van der Waals surface area contributed by atoms with E-state index in [1.54, 1.807) is 0 Å². The lowest BCUT2D eigenvalue weighted by atomic mass is 9.33. The second-order valence-electron chi connectivity index (χ2n) is 15.1. The van der Waals surface area contributed by atoms with Gasteiger partial charge in [0.05, 0.1) is 30.1 Å². The van der Waals surface area contributed by atoms with Crippen LogP contribution in [0.5, 0.6) is 0 Å². The van der Waals surface area contributed by atoms with Crippen LogP contribution in [-0.2, 0) is 14.3 Å². The molecule has 0 amide bonds. The highest BCUT2D eigenvalue weighted by Crippen LogP contribution is 2.75. The fraction of sp³-hybridized carbons (Fsp3) is 0.871. The Morgan fingerprint density at radius 2 is 1.57 bits per heavy atom. The summed E-state index contributed by atoms with van der Waals surface area (Å²) in [4.78, 5) is 25.7. The second-order valence-corrected chi connectivity index (χ2v) is 15.1. The van der Waals surface area contributed by atoms with Crippen molar-refractivity contribution < 1.29 is 29.6 Å². The Labute approximate surface area is 222 Å². The third kappa shape index (κ3) is 3.24. The molecule has 3 N–H and O–H groups in total. The number of esters is 1. The third-order valence-corrected chi connectivity index (χ3v) is 13.5. The Bertz CT molecular complexity index is 1030. The van der Waals surface area contributed by atoms with Gasteiger partial charge in [-0.2, -0.15) is 0 Å². The molecule has 0 aromatic heterocycles. The molecule has 0 aliphatic heterocycles. The number of carboxylic acids is 1. The molecule has 0 saturated heterocycles. The SMILES string of the molecule is COC(=O)C1(C)CCC2(C(=O)O)CCC3(C)C(=CCC4C5(C)CC(O)C(O)C(C)(C)C5CCC43C)C2C1. The van der Waals surface area contributed by atoms with Gasteiger partial charge in [0, 0.05) is 0 Å². The van der Waals surface area contributed by atoms with Crippen molar-refractivity contribution in [3.05, 3.63) is 11.6 Å². The fourth-order valence-corrected chi connectivity index (χ4v) is 11.0. The van der Waals surface area contributed by atoms with Crippen molar-refractivity contribution in [1.82, 2.24) is 0 Å². The van der Waals surface area contributed by atoms with E-state index in [9.17, 15) is 24.9 Å². The van der Waals surface area contributed by atoms with E-state index in [-0.39, 0.29) is 33.5 Å². The lowest BCUT2D eigenvalue weighted by Crippen LogP contribution is -2.67. The number of hydrogen-bond acceptors (Lipinski definition) is 5. The van der Waals surface area contributed by atoms with Crippen molar-refractivity contribution in [3.63, 3.8) is 0 Å². The highest BCUT2D eigenvalue weighted by atomic mass is 16.5. The first kappa shape index (κ1) is 27.2. The molecule has 4 fully saturated rings. The zero-order chi connectivity index (χ0) is 27.4. The summed E-state index contributed by atoms with van der Waals surface area (Å²) in [5.41, 5.74) is -0.947. The smallest absolute Gasteiger partial charge is 0.311 e. The molecule has 0 heterocycles. The summed E-state index contributed by atoms with van der Waals surface area (Å²) in [6.45, 7) is 13.3. The number of aliphatic hydroxyl groups excluding tert-OH is 2. The normalized spacial score (nSPS) is 52.5. The Morgan fingerprint density at radius 1 is 0.919 bits per heavy atom. The molecule has 10 atom stereocenters. The molecule has 5 aliphatic rings. The lowest BCUT2D eigenvalue weighted by molar-refractivity contribution is -0.232. The van der Waals surface area contributed by atoms with Gasteiger partial charge in [0.15, 0.2) is 0 Å². The minimum atomic E-state index is -0.823. The van der Waals surface area contributed by atoms with Crippen molar-refractivity contribution in [1.29, 1.82) is 0 Å². The van der Waals surface area contributed by atoms with Crippen LogP contribution in [-0.4, -0.2) is 46.6 Å². The molecule has 6 nitrogen and oxygen atoms in total. The van der Waals surface area contributed by atoms with E-state index in [1.165, 1.54) is 12.7 Å². The number of ether oxygens (including phenoxy) is 1. The first-order valence-electron chi connectivity index (χ1n) is 14.4. The van der Waals surface area contributed by atoms with Gasteiger partial charge in [-0.15, -0.1) is 0 Å². The van der Waals surface area contributed by atoms with Crippen LogP contribution in [0.15, 0.2) is 11.6 Å². The molecule has 0 radical (unpaired) electrons. The number of carbonyl (C=O) groups excluding carboxylic acids is 1. The summed E-state index contributed by atoms with van der Waals surface area (Å²) < 4.78 is 5.19. The summed E-state index contributed by atoms with van der Waals surface area (Å²) >= 11 is 0. The quantitative estimate of drug-likeness (QED) is 0.337. The predicted molar refractivity (Wildman–Crippen MR) is 140 cm³/mol. The topological polar surface area (TPSA) is 104 Å². The average Bonchev–Trinajstić information content (AvgIpc) is 2.82. The fourth-order valence-electron chi connectivity index (χ4n) is 11.0. The zero-order valence-electron chi connectivity index (χ0n) is 23.9. The summed E-state index contributed by atoms with van der Waals surface area (Å²) in [7, 11) is 1.43. The largest absolute Gasteiger partial charge is 0.481 e. The number of hydrogen-bond donors (Lipinski definition) is 3. The number of carboxylic acid groups (broad SMARTS) is 1. The number of fused-ring (bicyclic) bond motifs is 7. The molecule has 6 heteroatoms. The molecule has 37 heavy (non-hydrogen) atoms. The molecular formula is C31H48O6. The second kappa shape index (κ2) is 8.06. The van der Waals surface area contributed by atoms with Crippen LogP contribution in [0.1, 0.15) is 99.3 Å². The number of aliphatic hydroxyl groups is 2. The summed E-state index contributed by atoms with van der Waals surface area (Å²) in [6.07, 6.45) is 7.42. The van der Waals surface area contributed by atoms with Gasteiger partial charge >= 0.3 is 11.9 Å². The highest BCUT2D eigenvalue weighted by Gasteiger charge is 2.70. The van der Waals surface area contributed by atoms with Crippen LogP contribution >= 0.6 is 0 Å². The number of allylic oxidation sites excluding steroid dienone is 2. The van der Waals surface area contributed by atoms with E-state index >= 15 is 0 Å². The Hall–Kier alpha value is -1.40. The summed E-state index contributed by atoms with van der Waals surface area (Å²) in [5.74, 6) is -0.485. The van der Waals surface area contributed by atoms with Crippen LogP contribution in [0.4, 0.5) is 0 Å². The van der Waals surface area contributed by atoms with E-state index in [2.05, 4.69) is 40.7 Å². The van der Waals surface area contributed by atoms with E-state index in [1.807, 2.05) is 6.92 Å².